The minimum absolute atomic E-state index is 0.200. The molecule has 0 heterocycles. The van der Waals surface area contributed by atoms with Crippen molar-refractivity contribution in [1.82, 2.24) is 0 Å². The normalized spacial score (nSPS) is 11.4. The number of hydrogen-bond donors (Lipinski definition) is 2. The van der Waals surface area contributed by atoms with E-state index in [1.165, 1.54) is 12.1 Å². The Morgan fingerprint density at radius 3 is 2.63 bits per heavy atom. The van der Waals surface area contributed by atoms with Gasteiger partial charge in [0.2, 0.25) is 0 Å². The van der Waals surface area contributed by atoms with Crippen LogP contribution in [0.15, 0.2) is 47.6 Å². The third kappa shape index (κ3) is 2.82. The van der Waals surface area contributed by atoms with Crippen molar-refractivity contribution in [3.8, 4) is 11.5 Å². The number of nitrogens with two attached hydrogens (primary N) is 1. The van der Waals surface area contributed by atoms with Gasteiger partial charge in [0.15, 0.2) is 5.84 Å². The monoisotopic (exact) mass is 260 g/mol. The van der Waals surface area contributed by atoms with E-state index in [0.717, 1.165) is 11.6 Å². The van der Waals surface area contributed by atoms with Crippen LogP contribution in [0.1, 0.15) is 11.1 Å². The summed E-state index contributed by atoms with van der Waals surface area (Å²) in [5.74, 6) is 0.258. The fourth-order valence-corrected chi connectivity index (χ4v) is 1.63. The van der Waals surface area contributed by atoms with Crippen molar-refractivity contribution in [3.05, 3.63) is 59.4 Å². The molecule has 19 heavy (non-hydrogen) atoms. The molecular formula is C14H13FN2O2. The average molecular weight is 260 g/mol. The highest BCUT2D eigenvalue weighted by Gasteiger charge is 2.11. The highest BCUT2D eigenvalue weighted by Crippen LogP contribution is 2.28. The zero-order valence-corrected chi connectivity index (χ0v) is 10.3. The van der Waals surface area contributed by atoms with Crippen LogP contribution >= 0.6 is 0 Å². The highest BCUT2D eigenvalue weighted by molar-refractivity contribution is 5.99. The summed E-state index contributed by atoms with van der Waals surface area (Å²) in [5.41, 5.74) is 6.64. The Bertz CT molecular complexity index is 627. The van der Waals surface area contributed by atoms with Crippen molar-refractivity contribution in [1.29, 1.82) is 0 Å². The summed E-state index contributed by atoms with van der Waals surface area (Å²) in [4.78, 5) is 0. The standard InChI is InChI=1S/C14H13FN2O2/c1-9-4-2-3-5-12(9)19-13-7-6-10(15)8-11(13)14(16)17-18/h2-8,18H,1H3,(H2,16,17). The summed E-state index contributed by atoms with van der Waals surface area (Å²) in [6.45, 7) is 1.89. The van der Waals surface area contributed by atoms with E-state index in [9.17, 15) is 4.39 Å². The molecule has 0 amide bonds. The van der Waals surface area contributed by atoms with Gasteiger partial charge in [0.05, 0.1) is 5.56 Å². The lowest BCUT2D eigenvalue weighted by Crippen LogP contribution is -2.14. The fourth-order valence-electron chi connectivity index (χ4n) is 1.63. The SMILES string of the molecule is Cc1ccccc1Oc1ccc(F)cc1C(N)=NO. The number of nitrogens with zero attached hydrogens (tertiary/aromatic N) is 1. The molecule has 4 nitrogen and oxygen atoms in total. The van der Waals surface area contributed by atoms with Crippen molar-refractivity contribution >= 4 is 5.84 Å². The van der Waals surface area contributed by atoms with Gasteiger partial charge in [-0.05, 0) is 36.8 Å². The van der Waals surface area contributed by atoms with Crippen LogP contribution in [0.5, 0.6) is 11.5 Å². The van der Waals surface area contributed by atoms with E-state index in [-0.39, 0.29) is 11.4 Å². The number of ether oxygens (including phenoxy) is 1. The maximum atomic E-state index is 13.2. The molecule has 0 saturated heterocycles. The van der Waals surface area contributed by atoms with E-state index in [4.69, 9.17) is 15.7 Å². The van der Waals surface area contributed by atoms with Crippen molar-refractivity contribution in [2.45, 2.75) is 6.92 Å². The van der Waals surface area contributed by atoms with Crippen molar-refractivity contribution in [2.24, 2.45) is 10.9 Å². The van der Waals surface area contributed by atoms with Crippen LogP contribution in [0.2, 0.25) is 0 Å². The van der Waals surface area contributed by atoms with Crippen LogP contribution < -0.4 is 10.5 Å². The molecule has 2 aromatic carbocycles. The number of rotatable bonds is 3. The second kappa shape index (κ2) is 5.39. The molecule has 3 N–H and O–H groups in total. The first-order valence-corrected chi connectivity index (χ1v) is 5.62. The Kier molecular flexibility index (Phi) is 3.66. The summed E-state index contributed by atoms with van der Waals surface area (Å²) < 4.78 is 18.9. The molecule has 5 heteroatoms. The number of aryl methyl sites for hydroxylation is 1. The van der Waals surface area contributed by atoms with Gasteiger partial charge in [-0.3, -0.25) is 0 Å². The molecule has 0 fully saturated rings. The van der Waals surface area contributed by atoms with E-state index in [0.29, 0.717) is 11.5 Å². The van der Waals surface area contributed by atoms with Crippen LogP contribution in [-0.4, -0.2) is 11.0 Å². The average Bonchev–Trinajstić information content (AvgIpc) is 2.42. The zero-order chi connectivity index (χ0) is 13.8. The van der Waals surface area contributed by atoms with E-state index in [2.05, 4.69) is 5.16 Å². The Labute approximate surface area is 109 Å². The number of benzene rings is 2. The smallest absolute Gasteiger partial charge is 0.173 e. The van der Waals surface area contributed by atoms with E-state index in [1.54, 1.807) is 6.07 Å². The summed E-state index contributed by atoms with van der Waals surface area (Å²) in [5, 5.41) is 11.6. The fraction of sp³-hybridized carbons (Fsp3) is 0.0714. The Balaban J connectivity index is 2.43. The number of amidine groups is 1. The van der Waals surface area contributed by atoms with Crippen molar-refractivity contribution < 1.29 is 14.3 Å². The van der Waals surface area contributed by atoms with Gasteiger partial charge >= 0.3 is 0 Å². The van der Waals surface area contributed by atoms with Crippen LogP contribution in [0, 0.1) is 12.7 Å². The summed E-state index contributed by atoms with van der Waals surface area (Å²) in [6.07, 6.45) is 0. The van der Waals surface area contributed by atoms with Gasteiger partial charge in [0.25, 0.3) is 0 Å². The molecule has 0 bridgehead atoms. The minimum Gasteiger partial charge on any atom is -0.456 e. The molecule has 0 aromatic heterocycles. The Morgan fingerprint density at radius 2 is 1.95 bits per heavy atom. The topological polar surface area (TPSA) is 67.8 Å². The van der Waals surface area contributed by atoms with Gasteiger partial charge in [-0.1, -0.05) is 23.4 Å². The zero-order valence-electron chi connectivity index (χ0n) is 10.3. The van der Waals surface area contributed by atoms with Crippen LogP contribution in [0.3, 0.4) is 0 Å². The first-order chi connectivity index (χ1) is 9.11. The summed E-state index contributed by atoms with van der Waals surface area (Å²) in [7, 11) is 0. The van der Waals surface area contributed by atoms with Gasteiger partial charge in [0, 0.05) is 0 Å². The second-order valence-corrected chi connectivity index (χ2v) is 3.99. The molecule has 0 aliphatic carbocycles. The maximum absolute atomic E-state index is 13.2. The lowest BCUT2D eigenvalue weighted by atomic mass is 10.1. The molecule has 0 aliphatic heterocycles. The molecule has 2 rings (SSSR count). The Hall–Kier alpha value is -2.56. The largest absolute Gasteiger partial charge is 0.456 e. The molecule has 0 aliphatic rings. The molecule has 0 saturated carbocycles. The van der Waals surface area contributed by atoms with Gasteiger partial charge < -0.3 is 15.7 Å². The third-order valence-electron chi connectivity index (χ3n) is 2.64. The molecule has 98 valence electrons. The van der Waals surface area contributed by atoms with Crippen molar-refractivity contribution in [2.75, 3.05) is 0 Å². The minimum atomic E-state index is -0.487. The number of oxime groups is 1. The second-order valence-electron chi connectivity index (χ2n) is 3.99. The molecule has 2 aromatic rings. The summed E-state index contributed by atoms with van der Waals surface area (Å²) in [6, 6.07) is 11.2. The van der Waals surface area contributed by atoms with Crippen molar-refractivity contribution in [3.63, 3.8) is 0 Å². The molecular weight excluding hydrogens is 247 g/mol. The highest BCUT2D eigenvalue weighted by atomic mass is 19.1. The van der Waals surface area contributed by atoms with Gasteiger partial charge in [-0.15, -0.1) is 0 Å². The number of hydrogen-bond acceptors (Lipinski definition) is 3. The summed E-state index contributed by atoms with van der Waals surface area (Å²) >= 11 is 0. The van der Waals surface area contributed by atoms with E-state index >= 15 is 0 Å². The molecule has 0 spiro atoms. The van der Waals surface area contributed by atoms with Gasteiger partial charge in [-0.2, -0.15) is 0 Å². The predicted octanol–water partition coefficient (Wildman–Crippen LogP) is 3.02. The molecule has 0 atom stereocenters. The quantitative estimate of drug-likeness (QED) is 0.386. The number of para-hydroxylation sites is 1. The van der Waals surface area contributed by atoms with E-state index < -0.39 is 5.82 Å². The number of halogens is 1. The Morgan fingerprint density at radius 1 is 1.21 bits per heavy atom. The van der Waals surface area contributed by atoms with Gasteiger partial charge in [0.1, 0.15) is 17.3 Å². The molecule has 0 unspecified atom stereocenters. The van der Waals surface area contributed by atoms with E-state index in [1.807, 2.05) is 25.1 Å². The lowest BCUT2D eigenvalue weighted by molar-refractivity contribution is 0.318. The first kappa shape index (κ1) is 12.9. The lowest BCUT2D eigenvalue weighted by Gasteiger charge is -2.12. The van der Waals surface area contributed by atoms with Crippen LogP contribution in [0.4, 0.5) is 4.39 Å². The third-order valence-corrected chi connectivity index (χ3v) is 2.64. The maximum Gasteiger partial charge on any atom is 0.173 e. The van der Waals surface area contributed by atoms with Crippen LogP contribution in [0.25, 0.3) is 0 Å². The van der Waals surface area contributed by atoms with Crippen LogP contribution in [-0.2, 0) is 0 Å². The molecule has 0 radical (unpaired) electrons. The van der Waals surface area contributed by atoms with Gasteiger partial charge in [-0.25, -0.2) is 4.39 Å². The predicted molar refractivity (Wildman–Crippen MR) is 70.2 cm³/mol. The first-order valence-electron chi connectivity index (χ1n) is 5.62.